The first kappa shape index (κ1) is 17.7. The van der Waals surface area contributed by atoms with Gasteiger partial charge in [-0.3, -0.25) is 4.99 Å². The van der Waals surface area contributed by atoms with E-state index in [9.17, 15) is 0 Å². The highest BCUT2D eigenvalue weighted by molar-refractivity contribution is 9.10. The molecule has 1 unspecified atom stereocenters. The maximum atomic E-state index is 5.64. The molecular weight excluding hydrogens is 366 g/mol. The van der Waals surface area contributed by atoms with Crippen LogP contribution in [0, 0.1) is 5.41 Å². The molecule has 3 rings (SSSR count). The predicted molar refractivity (Wildman–Crippen MR) is 103 cm³/mol. The van der Waals surface area contributed by atoms with E-state index in [0.717, 1.165) is 62.7 Å². The van der Waals surface area contributed by atoms with Gasteiger partial charge in [0.2, 0.25) is 0 Å². The zero-order chi connectivity index (χ0) is 16.8. The number of ether oxygens (including phenoxy) is 1. The summed E-state index contributed by atoms with van der Waals surface area (Å²) >= 11 is 3.53. The summed E-state index contributed by atoms with van der Waals surface area (Å²) in [6.45, 7) is 7.96. The minimum Gasteiger partial charge on any atom is -0.381 e. The van der Waals surface area contributed by atoms with E-state index < -0.39 is 0 Å². The quantitative estimate of drug-likeness (QED) is 0.472. The molecule has 2 fully saturated rings. The SMILES string of the molecule is CCNC(=NCCCc1cccc(Br)c1)N1CCC2(CCOC2)C1. The van der Waals surface area contributed by atoms with Gasteiger partial charge in [0.05, 0.1) is 6.61 Å². The number of hydrogen-bond acceptors (Lipinski definition) is 2. The largest absolute Gasteiger partial charge is 0.381 e. The van der Waals surface area contributed by atoms with E-state index in [1.54, 1.807) is 0 Å². The zero-order valence-electron chi connectivity index (χ0n) is 14.6. The number of halogens is 1. The number of benzene rings is 1. The van der Waals surface area contributed by atoms with Crippen molar-refractivity contribution in [3.05, 3.63) is 34.3 Å². The van der Waals surface area contributed by atoms with Crippen molar-refractivity contribution >= 4 is 21.9 Å². The second-order valence-electron chi connectivity index (χ2n) is 6.94. The molecule has 1 aromatic carbocycles. The van der Waals surface area contributed by atoms with Crippen molar-refractivity contribution in [2.24, 2.45) is 10.4 Å². The number of nitrogens with zero attached hydrogens (tertiary/aromatic N) is 2. The average Bonchev–Trinajstić information content (AvgIpc) is 3.21. The molecule has 1 N–H and O–H groups in total. The van der Waals surface area contributed by atoms with Crippen LogP contribution >= 0.6 is 15.9 Å². The Morgan fingerprint density at radius 1 is 1.42 bits per heavy atom. The van der Waals surface area contributed by atoms with E-state index in [1.165, 1.54) is 18.4 Å². The van der Waals surface area contributed by atoms with Crippen LogP contribution in [0.5, 0.6) is 0 Å². The highest BCUT2D eigenvalue weighted by Gasteiger charge is 2.42. The van der Waals surface area contributed by atoms with E-state index in [4.69, 9.17) is 9.73 Å². The molecule has 24 heavy (non-hydrogen) atoms. The molecule has 1 atom stereocenters. The average molecular weight is 394 g/mol. The second-order valence-corrected chi connectivity index (χ2v) is 7.86. The Bertz CT molecular complexity index is 569. The van der Waals surface area contributed by atoms with Crippen LogP contribution in [-0.2, 0) is 11.2 Å². The van der Waals surface area contributed by atoms with Crippen molar-refractivity contribution in [2.75, 3.05) is 39.4 Å². The lowest BCUT2D eigenvalue weighted by Crippen LogP contribution is -2.41. The lowest BCUT2D eigenvalue weighted by molar-refractivity contribution is 0.156. The number of aliphatic imine (C=N–C) groups is 1. The van der Waals surface area contributed by atoms with Crippen molar-refractivity contribution in [3.63, 3.8) is 0 Å². The Balaban J connectivity index is 1.52. The molecule has 5 heteroatoms. The van der Waals surface area contributed by atoms with Gasteiger partial charge in [-0.2, -0.15) is 0 Å². The monoisotopic (exact) mass is 393 g/mol. The lowest BCUT2D eigenvalue weighted by atomic mass is 9.87. The van der Waals surface area contributed by atoms with Gasteiger partial charge in [0.15, 0.2) is 5.96 Å². The van der Waals surface area contributed by atoms with Crippen LogP contribution in [0.2, 0.25) is 0 Å². The van der Waals surface area contributed by atoms with Crippen molar-refractivity contribution in [3.8, 4) is 0 Å². The summed E-state index contributed by atoms with van der Waals surface area (Å²) in [4.78, 5) is 7.29. The number of likely N-dealkylation sites (tertiary alicyclic amines) is 1. The molecule has 0 aromatic heterocycles. The van der Waals surface area contributed by atoms with Gasteiger partial charge >= 0.3 is 0 Å². The second kappa shape index (κ2) is 8.34. The van der Waals surface area contributed by atoms with Gasteiger partial charge < -0.3 is 15.0 Å². The Morgan fingerprint density at radius 3 is 3.08 bits per heavy atom. The maximum absolute atomic E-state index is 5.64. The van der Waals surface area contributed by atoms with Crippen molar-refractivity contribution in [1.29, 1.82) is 0 Å². The van der Waals surface area contributed by atoms with E-state index in [1.807, 2.05) is 0 Å². The first-order chi connectivity index (χ1) is 11.7. The third-order valence-corrected chi connectivity index (χ3v) is 5.53. The number of guanidine groups is 1. The normalized spacial score (nSPS) is 24.1. The summed E-state index contributed by atoms with van der Waals surface area (Å²) in [6, 6.07) is 8.55. The molecule has 0 amide bonds. The Hall–Kier alpha value is -1.07. The van der Waals surface area contributed by atoms with Gasteiger partial charge in [-0.1, -0.05) is 28.1 Å². The van der Waals surface area contributed by atoms with Crippen molar-refractivity contribution < 1.29 is 4.74 Å². The fourth-order valence-electron chi connectivity index (χ4n) is 3.67. The Morgan fingerprint density at radius 2 is 2.33 bits per heavy atom. The summed E-state index contributed by atoms with van der Waals surface area (Å²) in [7, 11) is 0. The molecule has 2 saturated heterocycles. The third kappa shape index (κ3) is 4.51. The Kier molecular flexibility index (Phi) is 6.17. The minimum absolute atomic E-state index is 0.381. The number of rotatable bonds is 5. The van der Waals surface area contributed by atoms with Crippen LogP contribution in [0.15, 0.2) is 33.7 Å². The van der Waals surface area contributed by atoms with Crippen LogP contribution < -0.4 is 5.32 Å². The lowest BCUT2D eigenvalue weighted by Gasteiger charge is -2.25. The summed E-state index contributed by atoms with van der Waals surface area (Å²) in [5.41, 5.74) is 1.75. The summed E-state index contributed by atoms with van der Waals surface area (Å²) in [5.74, 6) is 1.08. The molecular formula is C19H28BrN3O. The minimum atomic E-state index is 0.381. The fourth-order valence-corrected chi connectivity index (χ4v) is 4.12. The van der Waals surface area contributed by atoms with Gasteiger partial charge in [-0.05, 0) is 50.3 Å². The van der Waals surface area contributed by atoms with E-state index in [0.29, 0.717) is 5.41 Å². The van der Waals surface area contributed by atoms with Crippen molar-refractivity contribution in [1.82, 2.24) is 10.2 Å². The molecule has 1 spiro atoms. The maximum Gasteiger partial charge on any atom is 0.193 e. The standard InChI is InChI=1S/C19H28BrN3O/c1-2-21-18(23-11-8-19(14-23)9-12-24-15-19)22-10-4-6-16-5-3-7-17(20)13-16/h3,5,7,13H,2,4,6,8-12,14-15H2,1H3,(H,21,22). The number of aryl methyl sites for hydroxylation is 1. The molecule has 0 saturated carbocycles. The molecule has 4 nitrogen and oxygen atoms in total. The van der Waals surface area contributed by atoms with Gasteiger partial charge in [-0.15, -0.1) is 0 Å². The van der Waals surface area contributed by atoms with Crippen LogP contribution in [-0.4, -0.2) is 50.3 Å². The highest BCUT2D eigenvalue weighted by Crippen LogP contribution is 2.38. The summed E-state index contributed by atoms with van der Waals surface area (Å²) < 4.78 is 6.79. The van der Waals surface area contributed by atoms with E-state index in [-0.39, 0.29) is 0 Å². The van der Waals surface area contributed by atoms with Crippen LogP contribution in [0.25, 0.3) is 0 Å². The van der Waals surface area contributed by atoms with Gasteiger partial charge in [0.1, 0.15) is 0 Å². The van der Waals surface area contributed by atoms with Crippen LogP contribution in [0.1, 0.15) is 31.7 Å². The number of nitrogens with one attached hydrogen (secondary N) is 1. The van der Waals surface area contributed by atoms with Crippen LogP contribution in [0.3, 0.4) is 0 Å². The summed E-state index contributed by atoms with van der Waals surface area (Å²) in [5, 5.41) is 3.47. The first-order valence-corrected chi connectivity index (χ1v) is 9.86. The van der Waals surface area contributed by atoms with E-state index >= 15 is 0 Å². The fraction of sp³-hybridized carbons (Fsp3) is 0.632. The highest BCUT2D eigenvalue weighted by atomic mass is 79.9. The van der Waals surface area contributed by atoms with Gasteiger partial charge in [0, 0.05) is 42.7 Å². The first-order valence-electron chi connectivity index (χ1n) is 9.06. The smallest absolute Gasteiger partial charge is 0.193 e. The molecule has 0 bridgehead atoms. The molecule has 132 valence electrons. The summed E-state index contributed by atoms with van der Waals surface area (Å²) in [6.07, 6.45) is 4.58. The molecule has 0 radical (unpaired) electrons. The van der Waals surface area contributed by atoms with Gasteiger partial charge in [-0.25, -0.2) is 0 Å². The van der Waals surface area contributed by atoms with Gasteiger partial charge in [0.25, 0.3) is 0 Å². The zero-order valence-corrected chi connectivity index (χ0v) is 16.1. The topological polar surface area (TPSA) is 36.9 Å². The van der Waals surface area contributed by atoms with Crippen LogP contribution in [0.4, 0.5) is 0 Å². The Labute approximate surface area is 153 Å². The molecule has 2 aliphatic heterocycles. The predicted octanol–water partition coefficient (Wildman–Crippen LogP) is 3.46. The molecule has 2 aliphatic rings. The van der Waals surface area contributed by atoms with E-state index in [2.05, 4.69) is 57.3 Å². The molecule has 2 heterocycles. The van der Waals surface area contributed by atoms with Crippen molar-refractivity contribution in [2.45, 2.75) is 32.6 Å². The molecule has 0 aliphatic carbocycles. The third-order valence-electron chi connectivity index (χ3n) is 5.03. The number of hydrogen-bond donors (Lipinski definition) is 1. The molecule has 1 aromatic rings.